The molecule has 0 atom stereocenters. The summed E-state index contributed by atoms with van der Waals surface area (Å²) in [4.78, 5) is 16.8. The highest BCUT2D eigenvalue weighted by atomic mass is 16.5. The molecule has 0 aliphatic rings. The molecule has 29 heavy (non-hydrogen) atoms. The first kappa shape index (κ1) is 20.4. The molecule has 3 aromatic rings. The van der Waals surface area contributed by atoms with Gasteiger partial charge in [0.05, 0.1) is 12.8 Å². The Balaban J connectivity index is 1.66. The van der Waals surface area contributed by atoms with Crippen molar-refractivity contribution in [3.05, 3.63) is 83.7 Å². The van der Waals surface area contributed by atoms with Crippen LogP contribution in [-0.4, -0.2) is 18.1 Å². The van der Waals surface area contributed by atoms with Crippen LogP contribution in [0.1, 0.15) is 37.6 Å². The molecule has 2 amide bonds. The van der Waals surface area contributed by atoms with Crippen molar-refractivity contribution in [1.29, 1.82) is 0 Å². The van der Waals surface area contributed by atoms with Crippen LogP contribution < -0.4 is 15.4 Å². The van der Waals surface area contributed by atoms with Crippen LogP contribution in [0.2, 0.25) is 0 Å². The molecular formula is C24H27N3O2. The highest BCUT2D eigenvalue weighted by molar-refractivity contribution is 6.00. The van der Waals surface area contributed by atoms with Crippen LogP contribution in [0, 0.1) is 0 Å². The van der Waals surface area contributed by atoms with E-state index in [1.807, 2.05) is 60.7 Å². The fourth-order valence-electron chi connectivity index (χ4n) is 2.97. The topological polar surface area (TPSA) is 63.2 Å². The van der Waals surface area contributed by atoms with Crippen molar-refractivity contribution in [2.24, 2.45) is 0 Å². The third kappa shape index (κ3) is 5.57. The minimum absolute atomic E-state index is 0.0252. The Morgan fingerprint density at radius 3 is 2.38 bits per heavy atom. The third-order valence-corrected chi connectivity index (χ3v) is 4.64. The first-order valence-electron chi connectivity index (χ1n) is 9.60. The quantitative estimate of drug-likeness (QED) is 0.595. The molecule has 0 radical (unpaired) electrons. The monoisotopic (exact) mass is 389 g/mol. The summed E-state index contributed by atoms with van der Waals surface area (Å²) in [6, 6.07) is 19.2. The van der Waals surface area contributed by atoms with Crippen molar-refractivity contribution in [2.45, 2.75) is 32.6 Å². The molecule has 5 heteroatoms. The summed E-state index contributed by atoms with van der Waals surface area (Å²) in [5.74, 6) is 0.624. The number of rotatable bonds is 5. The Labute approximate surface area is 172 Å². The Kier molecular flexibility index (Phi) is 6.17. The number of methoxy groups -OCH3 is 1. The van der Waals surface area contributed by atoms with E-state index in [0.717, 1.165) is 28.9 Å². The molecule has 2 N–H and O–H groups in total. The zero-order chi connectivity index (χ0) is 20.9. The van der Waals surface area contributed by atoms with Gasteiger partial charge in [-0.15, -0.1) is 0 Å². The van der Waals surface area contributed by atoms with Crippen molar-refractivity contribution in [3.8, 4) is 5.75 Å². The van der Waals surface area contributed by atoms with Gasteiger partial charge < -0.3 is 15.4 Å². The minimum Gasteiger partial charge on any atom is -0.495 e. The summed E-state index contributed by atoms with van der Waals surface area (Å²) in [7, 11) is 1.59. The summed E-state index contributed by atoms with van der Waals surface area (Å²) in [6.07, 6.45) is 2.54. The van der Waals surface area contributed by atoms with Gasteiger partial charge in [-0.2, -0.15) is 0 Å². The summed E-state index contributed by atoms with van der Waals surface area (Å²) < 4.78 is 5.39. The number of ether oxygens (including phenoxy) is 1. The molecule has 0 saturated carbocycles. The highest BCUT2D eigenvalue weighted by Crippen LogP contribution is 2.31. The second-order valence-corrected chi connectivity index (χ2v) is 7.94. The van der Waals surface area contributed by atoms with E-state index in [0.29, 0.717) is 11.4 Å². The van der Waals surface area contributed by atoms with Crippen LogP contribution in [0.15, 0.2) is 66.9 Å². The van der Waals surface area contributed by atoms with Gasteiger partial charge in [-0.25, -0.2) is 4.79 Å². The van der Waals surface area contributed by atoms with Gasteiger partial charge in [0, 0.05) is 24.0 Å². The number of amides is 2. The number of urea groups is 1. The molecule has 1 heterocycles. The average Bonchev–Trinajstić information content (AvgIpc) is 2.69. The minimum atomic E-state index is -0.313. The fourth-order valence-corrected chi connectivity index (χ4v) is 2.97. The number of nitrogens with one attached hydrogen (secondary N) is 2. The van der Waals surface area contributed by atoms with E-state index >= 15 is 0 Å². The SMILES string of the molecule is COc1ccc(C(C)(C)C)cc1NC(=O)Nc1ccc(Cc2ccccn2)cc1. The zero-order valence-corrected chi connectivity index (χ0v) is 17.3. The summed E-state index contributed by atoms with van der Waals surface area (Å²) in [5.41, 5.74) is 4.60. The Bertz CT molecular complexity index is 962. The Morgan fingerprint density at radius 1 is 1.00 bits per heavy atom. The van der Waals surface area contributed by atoms with Crippen LogP contribution in [-0.2, 0) is 11.8 Å². The van der Waals surface area contributed by atoms with Crippen LogP contribution in [0.5, 0.6) is 5.75 Å². The molecule has 0 spiro atoms. The number of hydrogen-bond donors (Lipinski definition) is 2. The van der Waals surface area contributed by atoms with Gasteiger partial charge in [0.15, 0.2) is 0 Å². The van der Waals surface area contributed by atoms with Crippen molar-refractivity contribution in [1.82, 2.24) is 4.98 Å². The molecule has 0 unspecified atom stereocenters. The zero-order valence-electron chi connectivity index (χ0n) is 17.3. The van der Waals surface area contributed by atoms with E-state index in [4.69, 9.17) is 4.74 Å². The lowest BCUT2D eigenvalue weighted by molar-refractivity contribution is 0.262. The van der Waals surface area contributed by atoms with Gasteiger partial charge in [0.25, 0.3) is 0 Å². The van der Waals surface area contributed by atoms with Gasteiger partial charge >= 0.3 is 6.03 Å². The van der Waals surface area contributed by atoms with E-state index in [1.54, 1.807) is 13.3 Å². The average molecular weight is 389 g/mol. The van der Waals surface area contributed by atoms with Gasteiger partial charge in [-0.1, -0.05) is 45.0 Å². The van der Waals surface area contributed by atoms with Crippen molar-refractivity contribution in [2.75, 3.05) is 17.7 Å². The van der Waals surface area contributed by atoms with Gasteiger partial charge in [-0.05, 0) is 52.9 Å². The molecule has 0 fully saturated rings. The number of carbonyl (C=O) groups is 1. The normalized spacial score (nSPS) is 11.0. The summed E-state index contributed by atoms with van der Waals surface area (Å²) in [6.45, 7) is 6.39. The van der Waals surface area contributed by atoms with E-state index in [2.05, 4.69) is 36.4 Å². The number of hydrogen-bond acceptors (Lipinski definition) is 3. The van der Waals surface area contributed by atoms with Crippen molar-refractivity contribution >= 4 is 17.4 Å². The van der Waals surface area contributed by atoms with Crippen LogP contribution >= 0.6 is 0 Å². The largest absolute Gasteiger partial charge is 0.495 e. The van der Waals surface area contributed by atoms with Crippen LogP contribution in [0.25, 0.3) is 0 Å². The smallest absolute Gasteiger partial charge is 0.323 e. The molecule has 0 aliphatic heterocycles. The predicted molar refractivity (Wildman–Crippen MR) is 118 cm³/mol. The fraction of sp³-hybridized carbons (Fsp3) is 0.250. The maximum atomic E-state index is 12.5. The van der Waals surface area contributed by atoms with E-state index < -0.39 is 0 Å². The van der Waals surface area contributed by atoms with E-state index in [-0.39, 0.29) is 11.4 Å². The van der Waals surface area contributed by atoms with Crippen molar-refractivity contribution in [3.63, 3.8) is 0 Å². The molecule has 5 nitrogen and oxygen atoms in total. The van der Waals surface area contributed by atoms with Crippen LogP contribution in [0.4, 0.5) is 16.2 Å². The van der Waals surface area contributed by atoms with Gasteiger partial charge in [0.1, 0.15) is 5.75 Å². The maximum absolute atomic E-state index is 12.5. The van der Waals surface area contributed by atoms with Gasteiger partial charge in [-0.3, -0.25) is 4.98 Å². The molecule has 1 aromatic heterocycles. The molecule has 0 aliphatic carbocycles. The number of nitrogens with zero attached hydrogens (tertiary/aromatic N) is 1. The number of pyridine rings is 1. The molecule has 150 valence electrons. The maximum Gasteiger partial charge on any atom is 0.323 e. The summed E-state index contributed by atoms with van der Waals surface area (Å²) in [5, 5.41) is 5.76. The Hall–Kier alpha value is -3.34. The molecular weight excluding hydrogens is 362 g/mol. The lowest BCUT2D eigenvalue weighted by atomic mass is 9.87. The molecule has 3 rings (SSSR count). The van der Waals surface area contributed by atoms with Gasteiger partial charge in [0.2, 0.25) is 0 Å². The lowest BCUT2D eigenvalue weighted by Gasteiger charge is -2.21. The first-order valence-corrected chi connectivity index (χ1v) is 9.60. The standard InChI is InChI=1S/C24H27N3O2/c1-24(2,3)18-10-13-22(29-4)21(16-18)27-23(28)26-19-11-8-17(9-12-19)15-20-7-5-6-14-25-20/h5-14,16H,15H2,1-4H3,(H2,26,27,28). The number of benzene rings is 2. The molecule has 0 bridgehead atoms. The number of anilines is 2. The third-order valence-electron chi connectivity index (χ3n) is 4.64. The van der Waals surface area contributed by atoms with Crippen LogP contribution in [0.3, 0.4) is 0 Å². The molecule has 2 aromatic carbocycles. The predicted octanol–water partition coefficient (Wildman–Crippen LogP) is 5.62. The Morgan fingerprint density at radius 2 is 1.76 bits per heavy atom. The summed E-state index contributed by atoms with van der Waals surface area (Å²) >= 11 is 0. The van der Waals surface area contributed by atoms with Crippen molar-refractivity contribution < 1.29 is 9.53 Å². The van der Waals surface area contributed by atoms with E-state index in [1.165, 1.54) is 0 Å². The van der Waals surface area contributed by atoms with E-state index in [9.17, 15) is 4.79 Å². The second kappa shape index (κ2) is 8.78. The second-order valence-electron chi connectivity index (χ2n) is 7.94. The highest BCUT2D eigenvalue weighted by Gasteiger charge is 2.17. The first-order chi connectivity index (χ1) is 13.8. The molecule has 0 saturated heterocycles. The number of aromatic nitrogens is 1. The number of carbonyl (C=O) groups excluding carboxylic acids is 1. The lowest BCUT2D eigenvalue weighted by Crippen LogP contribution is -2.20.